The molecule has 31 heavy (non-hydrogen) atoms. The molecule has 1 N–H and O–H groups in total. The second kappa shape index (κ2) is 5.90. The monoisotopic (exact) mass is 430 g/mol. The highest BCUT2D eigenvalue weighted by Gasteiger charge is 2.74. The zero-order chi connectivity index (χ0) is 22.1. The zero-order valence-corrected chi connectivity index (χ0v) is 20.3. The molecule has 4 heteroatoms. The molecule has 0 amide bonds. The van der Waals surface area contributed by atoms with Crippen molar-refractivity contribution in [2.75, 3.05) is 6.61 Å². The van der Waals surface area contributed by atoms with Gasteiger partial charge in [-0.15, -0.1) is 0 Å². The van der Waals surface area contributed by atoms with E-state index >= 15 is 0 Å². The van der Waals surface area contributed by atoms with E-state index in [-0.39, 0.29) is 22.4 Å². The van der Waals surface area contributed by atoms with Gasteiger partial charge in [0, 0.05) is 29.6 Å². The highest BCUT2D eigenvalue weighted by atomic mass is 16.6. The van der Waals surface area contributed by atoms with Crippen molar-refractivity contribution in [1.29, 1.82) is 0 Å². The van der Waals surface area contributed by atoms with Crippen LogP contribution in [0.15, 0.2) is 0 Å². The Hall–Kier alpha value is -0.610. The fourth-order valence-electron chi connectivity index (χ4n) is 10.8. The molecule has 2 bridgehead atoms. The van der Waals surface area contributed by atoms with Crippen LogP contribution in [-0.2, 0) is 14.3 Å². The summed E-state index contributed by atoms with van der Waals surface area (Å²) in [6.45, 7) is 12.7. The molecule has 3 saturated heterocycles. The quantitative estimate of drug-likeness (QED) is 0.561. The van der Waals surface area contributed by atoms with Crippen LogP contribution in [-0.4, -0.2) is 29.1 Å². The van der Waals surface area contributed by atoms with Gasteiger partial charge in [0.05, 0.1) is 6.61 Å². The Kier molecular flexibility index (Phi) is 3.99. The van der Waals surface area contributed by atoms with Crippen LogP contribution in [0.1, 0.15) is 98.8 Å². The van der Waals surface area contributed by atoms with Gasteiger partial charge in [-0.05, 0) is 86.9 Å². The molecule has 7 aliphatic rings. The standard InChI is InChI=1S/C27H42O4/c1-22(2)19-9-12-24(4)20(26(19)14-15-27(22,29)30-16-26)7-6-17-18(8-11-23(17,24)3)25(5)13-10-21(28)31-25/h17-20,29H,6-16H2,1-5H3/t17-,18+,19?,20+,23-,24-,25+,26-,27+/m1/s1. The van der Waals surface area contributed by atoms with Gasteiger partial charge < -0.3 is 14.6 Å². The molecule has 0 aromatic heterocycles. The maximum absolute atomic E-state index is 12.0. The fourth-order valence-corrected chi connectivity index (χ4v) is 10.8. The first-order valence-corrected chi connectivity index (χ1v) is 13.0. The lowest BCUT2D eigenvalue weighted by Crippen LogP contribution is -2.73. The SMILES string of the molecule is CC1(C)C2CC[C@]3(C)[C@H](CC[C@@H]4[C@@H]([C@]5(C)CCC(=O)O5)CC[C@]43C)[C@@]23CC[C@]1(O)OC3. The van der Waals surface area contributed by atoms with Gasteiger partial charge in [0.2, 0.25) is 0 Å². The molecule has 0 aromatic carbocycles. The number of hydrogen-bond donors (Lipinski definition) is 1. The summed E-state index contributed by atoms with van der Waals surface area (Å²) in [5, 5.41) is 11.3. The van der Waals surface area contributed by atoms with Crippen molar-refractivity contribution in [3.8, 4) is 0 Å². The molecule has 4 saturated carbocycles. The minimum atomic E-state index is -0.937. The highest BCUT2D eigenvalue weighted by Crippen LogP contribution is 2.78. The van der Waals surface area contributed by atoms with Crippen LogP contribution in [0.5, 0.6) is 0 Å². The summed E-state index contributed by atoms with van der Waals surface area (Å²) in [5.41, 5.74) is 0.387. The summed E-state index contributed by atoms with van der Waals surface area (Å²) in [7, 11) is 0. The van der Waals surface area contributed by atoms with E-state index in [0.29, 0.717) is 40.9 Å². The third-order valence-electron chi connectivity index (χ3n) is 12.8. The van der Waals surface area contributed by atoms with Crippen molar-refractivity contribution >= 4 is 5.97 Å². The first-order valence-electron chi connectivity index (χ1n) is 13.0. The number of rotatable bonds is 1. The molecule has 174 valence electrons. The number of ether oxygens (including phenoxy) is 2. The van der Waals surface area contributed by atoms with Crippen LogP contribution in [0.2, 0.25) is 0 Å². The molecule has 7 fully saturated rings. The van der Waals surface area contributed by atoms with Gasteiger partial charge in [0.25, 0.3) is 0 Å². The first kappa shape index (κ1) is 21.0. The largest absolute Gasteiger partial charge is 0.459 e. The number of carbonyl (C=O) groups excluding carboxylic acids is 1. The van der Waals surface area contributed by atoms with E-state index in [2.05, 4.69) is 34.6 Å². The molecule has 0 aromatic rings. The molecular weight excluding hydrogens is 388 g/mol. The van der Waals surface area contributed by atoms with Crippen molar-refractivity contribution in [1.82, 2.24) is 0 Å². The predicted molar refractivity (Wildman–Crippen MR) is 118 cm³/mol. The molecule has 0 radical (unpaired) electrons. The second-order valence-electron chi connectivity index (χ2n) is 13.6. The van der Waals surface area contributed by atoms with E-state index in [0.717, 1.165) is 25.9 Å². The Labute approximate surface area is 187 Å². The summed E-state index contributed by atoms with van der Waals surface area (Å²) in [6, 6.07) is 0. The minimum Gasteiger partial charge on any atom is -0.459 e. The average Bonchev–Trinajstić information content (AvgIpc) is 3.24. The smallest absolute Gasteiger partial charge is 0.306 e. The normalized spacial score (nSPS) is 59.6. The molecule has 3 heterocycles. The van der Waals surface area contributed by atoms with Gasteiger partial charge in [-0.3, -0.25) is 4.79 Å². The number of esters is 1. The number of hydrogen-bond acceptors (Lipinski definition) is 4. The Bertz CT molecular complexity index is 810. The van der Waals surface area contributed by atoms with Crippen LogP contribution in [0, 0.1) is 45.3 Å². The van der Waals surface area contributed by atoms with Gasteiger partial charge in [0.1, 0.15) is 5.60 Å². The zero-order valence-electron chi connectivity index (χ0n) is 20.3. The Morgan fingerprint density at radius 1 is 0.806 bits per heavy atom. The topological polar surface area (TPSA) is 55.8 Å². The van der Waals surface area contributed by atoms with Crippen molar-refractivity contribution in [2.24, 2.45) is 45.3 Å². The lowest BCUT2D eigenvalue weighted by molar-refractivity contribution is -0.399. The van der Waals surface area contributed by atoms with Crippen LogP contribution in [0.3, 0.4) is 0 Å². The second-order valence-corrected chi connectivity index (χ2v) is 13.6. The fraction of sp³-hybridized carbons (Fsp3) is 0.963. The molecule has 4 aliphatic carbocycles. The maximum Gasteiger partial charge on any atom is 0.306 e. The van der Waals surface area contributed by atoms with Crippen molar-refractivity contribution < 1.29 is 19.4 Å². The molecule has 1 spiro atoms. The first-order chi connectivity index (χ1) is 14.4. The molecule has 7 rings (SSSR count). The van der Waals surface area contributed by atoms with E-state index in [1.807, 2.05) is 0 Å². The van der Waals surface area contributed by atoms with E-state index in [9.17, 15) is 9.90 Å². The number of fused-ring (bicyclic) bond motifs is 5. The minimum absolute atomic E-state index is 0.00618. The Morgan fingerprint density at radius 3 is 2.19 bits per heavy atom. The molecule has 1 unspecified atom stereocenters. The van der Waals surface area contributed by atoms with E-state index in [1.54, 1.807) is 0 Å². The van der Waals surface area contributed by atoms with E-state index in [4.69, 9.17) is 9.47 Å². The number of aliphatic hydroxyl groups is 1. The predicted octanol–water partition coefficient (Wildman–Crippen LogP) is 5.47. The Morgan fingerprint density at radius 2 is 1.55 bits per heavy atom. The maximum atomic E-state index is 12.0. The summed E-state index contributed by atoms with van der Waals surface area (Å²) < 4.78 is 12.3. The third-order valence-corrected chi connectivity index (χ3v) is 12.8. The summed E-state index contributed by atoms with van der Waals surface area (Å²) >= 11 is 0. The van der Waals surface area contributed by atoms with Gasteiger partial charge in [-0.2, -0.15) is 0 Å². The van der Waals surface area contributed by atoms with Crippen molar-refractivity contribution in [3.63, 3.8) is 0 Å². The van der Waals surface area contributed by atoms with Crippen molar-refractivity contribution in [2.45, 2.75) is 110 Å². The summed E-state index contributed by atoms with van der Waals surface area (Å²) in [6.07, 6.45) is 10.9. The van der Waals surface area contributed by atoms with Crippen LogP contribution in [0.25, 0.3) is 0 Å². The molecule has 3 aliphatic heterocycles. The van der Waals surface area contributed by atoms with Crippen LogP contribution in [0.4, 0.5) is 0 Å². The van der Waals surface area contributed by atoms with Crippen LogP contribution >= 0.6 is 0 Å². The molecule has 9 atom stereocenters. The number of cyclic esters (lactones) is 1. The lowest BCUT2D eigenvalue weighted by Gasteiger charge is -2.74. The van der Waals surface area contributed by atoms with E-state index < -0.39 is 5.79 Å². The Balaban J connectivity index is 1.37. The lowest BCUT2D eigenvalue weighted by atomic mass is 9.34. The highest BCUT2D eigenvalue weighted by molar-refractivity contribution is 5.72. The molecule has 4 nitrogen and oxygen atoms in total. The third kappa shape index (κ3) is 2.23. The average molecular weight is 431 g/mol. The van der Waals surface area contributed by atoms with Gasteiger partial charge in [0.15, 0.2) is 5.79 Å². The van der Waals surface area contributed by atoms with Gasteiger partial charge >= 0.3 is 5.97 Å². The van der Waals surface area contributed by atoms with Crippen LogP contribution < -0.4 is 0 Å². The van der Waals surface area contributed by atoms with Crippen molar-refractivity contribution in [3.05, 3.63) is 0 Å². The summed E-state index contributed by atoms with van der Waals surface area (Å²) in [4.78, 5) is 12.0. The number of carbonyl (C=O) groups is 1. The summed E-state index contributed by atoms with van der Waals surface area (Å²) in [5.74, 6) is 1.45. The van der Waals surface area contributed by atoms with Gasteiger partial charge in [-0.25, -0.2) is 0 Å². The van der Waals surface area contributed by atoms with Gasteiger partial charge in [-0.1, -0.05) is 27.7 Å². The van der Waals surface area contributed by atoms with E-state index in [1.165, 1.54) is 38.5 Å². The molecular formula is C27H42O4.